The molecule has 0 aromatic carbocycles. The van der Waals surface area contributed by atoms with Crippen LogP contribution in [-0.4, -0.2) is 9.36 Å². The van der Waals surface area contributed by atoms with Gasteiger partial charge in [-0.1, -0.05) is 0 Å². The summed E-state index contributed by atoms with van der Waals surface area (Å²) >= 11 is 1.38. The number of hydrogen-bond acceptors (Lipinski definition) is 5. The first kappa shape index (κ1) is 9.62. The Morgan fingerprint density at radius 1 is 1.47 bits per heavy atom. The van der Waals surface area contributed by atoms with E-state index in [1.54, 1.807) is 12.3 Å². The molecule has 0 aliphatic rings. The molecule has 2 rings (SSSR count). The van der Waals surface area contributed by atoms with Crippen LogP contribution in [0.15, 0.2) is 29.9 Å². The Kier molecular flexibility index (Phi) is 2.90. The van der Waals surface area contributed by atoms with Gasteiger partial charge < -0.3 is 4.74 Å². The fraction of sp³-hybridized carbons (Fsp3) is 0.100. The summed E-state index contributed by atoms with van der Waals surface area (Å²) in [5.41, 5.74) is 1.30. The lowest BCUT2D eigenvalue weighted by Gasteiger charge is -2.04. The van der Waals surface area contributed by atoms with Crippen LogP contribution in [-0.2, 0) is 6.61 Å². The molecular formula is C10H7N3OS. The molecule has 0 bridgehead atoms. The highest BCUT2D eigenvalue weighted by Gasteiger charge is 2.03. The number of hydrogen-bond donors (Lipinski definition) is 0. The van der Waals surface area contributed by atoms with E-state index in [9.17, 15) is 0 Å². The highest BCUT2D eigenvalue weighted by atomic mass is 32.1. The molecule has 15 heavy (non-hydrogen) atoms. The predicted molar refractivity (Wildman–Crippen MR) is 55.4 cm³/mol. The van der Waals surface area contributed by atoms with E-state index in [0.717, 1.165) is 5.69 Å². The largest absolute Gasteiger partial charge is 0.486 e. The van der Waals surface area contributed by atoms with Crippen molar-refractivity contribution in [2.45, 2.75) is 6.61 Å². The molecule has 74 valence electrons. The Labute approximate surface area is 90.9 Å². The van der Waals surface area contributed by atoms with E-state index in [0.29, 0.717) is 17.9 Å². The molecular weight excluding hydrogens is 210 g/mol. The van der Waals surface area contributed by atoms with E-state index >= 15 is 0 Å². The van der Waals surface area contributed by atoms with Crippen molar-refractivity contribution in [2.75, 3.05) is 0 Å². The van der Waals surface area contributed by atoms with Crippen molar-refractivity contribution in [1.29, 1.82) is 5.26 Å². The summed E-state index contributed by atoms with van der Waals surface area (Å²) in [4.78, 5) is 3.85. The molecule has 0 atom stereocenters. The summed E-state index contributed by atoms with van der Waals surface area (Å²) in [7, 11) is 0. The van der Waals surface area contributed by atoms with Crippen LogP contribution in [0.1, 0.15) is 11.3 Å². The summed E-state index contributed by atoms with van der Waals surface area (Å²) in [5, 5.41) is 10.7. The van der Waals surface area contributed by atoms with Crippen LogP contribution in [0.5, 0.6) is 5.75 Å². The van der Waals surface area contributed by atoms with Crippen LogP contribution in [0.4, 0.5) is 0 Å². The molecule has 0 aliphatic carbocycles. The minimum absolute atomic E-state index is 0.377. The van der Waals surface area contributed by atoms with Crippen LogP contribution < -0.4 is 4.74 Å². The van der Waals surface area contributed by atoms with Gasteiger partial charge in [0.2, 0.25) is 0 Å². The molecule has 0 unspecified atom stereocenters. The molecule has 0 saturated carbocycles. The summed E-state index contributed by atoms with van der Waals surface area (Å²) in [6.07, 6.45) is 3.08. The van der Waals surface area contributed by atoms with Crippen molar-refractivity contribution in [1.82, 2.24) is 9.36 Å². The van der Waals surface area contributed by atoms with Crippen LogP contribution in [0.25, 0.3) is 0 Å². The lowest BCUT2D eigenvalue weighted by Crippen LogP contribution is -1.97. The van der Waals surface area contributed by atoms with Crippen LogP contribution >= 0.6 is 11.5 Å². The Balaban J connectivity index is 2.08. The maximum atomic E-state index is 8.79. The van der Waals surface area contributed by atoms with Crippen molar-refractivity contribution in [3.8, 4) is 11.8 Å². The Morgan fingerprint density at radius 3 is 3.13 bits per heavy atom. The Morgan fingerprint density at radius 2 is 2.40 bits per heavy atom. The summed E-state index contributed by atoms with van der Waals surface area (Å²) in [6.45, 7) is 0.377. The molecule has 2 aromatic rings. The molecule has 2 aromatic heterocycles. The molecule has 4 nitrogen and oxygen atoms in total. The number of nitrogens with zero attached hydrogens (tertiary/aromatic N) is 3. The summed E-state index contributed by atoms with van der Waals surface area (Å²) < 4.78 is 9.56. The summed E-state index contributed by atoms with van der Waals surface area (Å²) in [6, 6.07) is 5.58. The monoisotopic (exact) mass is 217 g/mol. The first-order chi connectivity index (χ1) is 7.40. The Hall–Kier alpha value is -1.93. The molecule has 0 aliphatic heterocycles. The molecule has 0 amide bonds. The minimum atomic E-state index is 0.377. The first-order valence-corrected chi connectivity index (χ1v) is 5.10. The molecule has 0 saturated heterocycles. The van der Waals surface area contributed by atoms with Gasteiger partial charge >= 0.3 is 0 Å². The third-order valence-corrected chi connectivity index (χ3v) is 2.37. The number of ether oxygens (including phenoxy) is 1. The third-order valence-electron chi connectivity index (χ3n) is 1.77. The van der Waals surface area contributed by atoms with Crippen molar-refractivity contribution in [2.24, 2.45) is 0 Å². The van der Waals surface area contributed by atoms with E-state index < -0.39 is 0 Å². The SMILES string of the molecule is N#Cc1cnccc1OCc1ccsn1. The highest BCUT2D eigenvalue weighted by molar-refractivity contribution is 7.03. The number of rotatable bonds is 3. The summed E-state index contributed by atoms with van der Waals surface area (Å²) in [5.74, 6) is 0.542. The smallest absolute Gasteiger partial charge is 0.140 e. The zero-order valence-electron chi connectivity index (χ0n) is 7.75. The van der Waals surface area contributed by atoms with Gasteiger partial charge in [-0.05, 0) is 23.7 Å². The van der Waals surface area contributed by atoms with Gasteiger partial charge in [0.15, 0.2) is 0 Å². The maximum Gasteiger partial charge on any atom is 0.140 e. The zero-order valence-corrected chi connectivity index (χ0v) is 8.57. The van der Waals surface area contributed by atoms with E-state index in [2.05, 4.69) is 9.36 Å². The van der Waals surface area contributed by atoms with Crippen molar-refractivity contribution >= 4 is 11.5 Å². The lowest BCUT2D eigenvalue weighted by atomic mass is 10.3. The van der Waals surface area contributed by atoms with Crippen LogP contribution in [0.2, 0.25) is 0 Å². The molecule has 0 spiro atoms. The van der Waals surface area contributed by atoms with Gasteiger partial charge in [0.1, 0.15) is 24.0 Å². The fourth-order valence-electron chi connectivity index (χ4n) is 1.06. The molecule has 5 heteroatoms. The lowest BCUT2D eigenvalue weighted by molar-refractivity contribution is 0.301. The number of aromatic nitrogens is 2. The van der Waals surface area contributed by atoms with Gasteiger partial charge in [-0.15, -0.1) is 0 Å². The Bertz CT molecular complexity index is 476. The highest BCUT2D eigenvalue weighted by Crippen LogP contribution is 2.16. The predicted octanol–water partition coefficient (Wildman–Crippen LogP) is 1.99. The molecule has 0 radical (unpaired) electrons. The van der Waals surface area contributed by atoms with Gasteiger partial charge in [0.05, 0.1) is 5.69 Å². The number of pyridine rings is 1. The van der Waals surface area contributed by atoms with Gasteiger partial charge in [-0.25, -0.2) is 0 Å². The second-order valence-corrected chi connectivity index (χ2v) is 3.43. The quantitative estimate of drug-likeness (QED) is 0.788. The molecule has 2 heterocycles. The minimum Gasteiger partial charge on any atom is -0.486 e. The normalized spacial score (nSPS) is 9.53. The van der Waals surface area contributed by atoms with Crippen LogP contribution in [0.3, 0.4) is 0 Å². The van der Waals surface area contributed by atoms with E-state index in [1.165, 1.54) is 17.7 Å². The molecule has 0 fully saturated rings. The zero-order chi connectivity index (χ0) is 10.5. The number of nitriles is 1. The topological polar surface area (TPSA) is 58.8 Å². The van der Waals surface area contributed by atoms with Crippen molar-refractivity contribution in [3.05, 3.63) is 41.2 Å². The van der Waals surface area contributed by atoms with Gasteiger partial charge in [0, 0.05) is 17.8 Å². The van der Waals surface area contributed by atoms with Gasteiger partial charge in [-0.2, -0.15) is 9.64 Å². The van der Waals surface area contributed by atoms with E-state index in [1.807, 2.05) is 17.5 Å². The van der Waals surface area contributed by atoms with E-state index in [4.69, 9.17) is 10.00 Å². The average Bonchev–Trinajstić information content (AvgIpc) is 2.79. The standard InChI is InChI=1S/C10H7N3OS/c11-5-8-6-12-3-1-10(8)14-7-9-2-4-15-13-9/h1-4,6H,7H2. The third kappa shape index (κ3) is 2.30. The van der Waals surface area contributed by atoms with Crippen LogP contribution in [0, 0.1) is 11.3 Å². The first-order valence-electron chi connectivity index (χ1n) is 4.26. The maximum absolute atomic E-state index is 8.79. The van der Waals surface area contributed by atoms with Crippen molar-refractivity contribution < 1.29 is 4.74 Å². The second kappa shape index (κ2) is 4.53. The average molecular weight is 217 g/mol. The fourth-order valence-corrected chi connectivity index (χ4v) is 1.58. The van der Waals surface area contributed by atoms with E-state index in [-0.39, 0.29) is 0 Å². The second-order valence-electron chi connectivity index (χ2n) is 2.76. The van der Waals surface area contributed by atoms with Gasteiger partial charge in [0.25, 0.3) is 0 Å². The molecule has 0 N–H and O–H groups in total. The van der Waals surface area contributed by atoms with Crippen molar-refractivity contribution in [3.63, 3.8) is 0 Å². The van der Waals surface area contributed by atoms with Gasteiger partial charge in [-0.3, -0.25) is 4.98 Å².